The second-order valence-corrected chi connectivity index (χ2v) is 6.88. The number of nitrogens with two attached hydrogens (primary N) is 1. The van der Waals surface area contributed by atoms with E-state index in [1.54, 1.807) is 0 Å². The number of hydrogen-bond acceptors (Lipinski definition) is 5. The Morgan fingerprint density at radius 3 is 3.11 bits per heavy atom. The number of benzene rings is 1. The topological polar surface area (TPSA) is 59.2 Å². The lowest BCUT2D eigenvalue weighted by Gasteiger charge is -2.23. The van der Waals surface area contributed by atoms with E-state index < -0.39 is 0 Å². The Morgan fingerprint density at radius 2 is 2.37 bits per heavy atom. The van der Waals surface area contributed by atoms with Crippen molar-refractivity contribution in [3.63, 3.8) is 0 Å². The predicted octanol–water partition coefficient (Wildman–Crippen LogP) is 2.46. The molecule has 6 heteroatoms. The van der Waals surface area contributed by atoms with E-state index in [-0.39, 0.29) is 5.91 Å². The standard InChI is InChI=1S/C13H15N3OS2/c1-16(9-4-5-18-7-9)12(17)8-2-3-10-11(6-8)19-13(14)15-10/h2-3,6,9H,4-5,7H2,1H3,(H2,14,15). The highest BCUT2D eigenvalue weighted by Gasteiger charge is 2.24. The van der Waals surface area contributed by atoms with Crippen LogP contribution in [0, 0.1) is 0 Å². The molecule has 1 aromatic heterocycles. The Kier molecular flexibility index (Phi) is 3.36. The van der Waals surface area contributed by atoms with Crippen molar-refractivity contribution in [3.8, 4) is 0 Å². The van der Waals surface area contributed by atoms with E-state index in [4.69, 9.17) is 5.73 Å². The summed E-state index contributed by atoms with van der Waals surface area (Å²) in [6.45, 7) is 0. The van der Waals surface area contributed by atoms with E-state index >= 15 is 0 Å². The van der Waals surface area contributed by atoms with Gasteiger partial charge in [-0.1, -0.05) is 11.3 Å². The van der Waals surface area contributed by atoms with E-state index in [0.717, 1.165) is 33.7 Å². The number of nitrogens with zero attached hydrogens (tertiary/aromatic N) is 2. The second-order valence-electron chi connectivity index (χ2n) is 4.67. The van der Waals surface area contributed by atoms with Crippen LogP contribution in [0.15, 0.2) is 18.2 Å². The van der Waals surface area contributed by atoms with Crippen molar-refractivity contribution < 1.29 is 4.79 Å². The van der Waals surface area contributed by atoms with Gasteiger partial charge in [0, 0.05) is 24.4 Å². The smallest absolute Gasteiger partial charge is 0.253 e. The molecule has 4 nitrogen and oxygen atoms in total. The molecule has 0 saturated carbocycles. The van der Waals surface area contributed by atoms with E-state index in [0.29, 0.717) is 11.2 Å². The van der Waals surface area contributed by atoms with Crippen LogP contribution in [0.1, 0.15) is 16.8 Å². The van der Waals surface area contributed by atoms with Crippen molar-refractivity contribution in [1.29, 1.82) is 0 Å². The fraction of sp³-hybridized carbons (Fsp3) is 0.385. The van der Waals surface area contributed by atoms with E-state index in [2.05, 4.69) is 4.98 Å². The lowest BCUT2D eigenvalue weighted by molar-refractivity contribution is 0.0748. The predicted molar refractivity (Wildman–Crippen MR) is 81.9 cm³/mol. The van der Waals surface area contributed by atoms with Crippen LogP contribution in [0.5, 0.6) is 0 Å². The molecule has 0 bridgehead atoms. The summed E-state index contributed by atoms with van der Waals surface area (Å²) in [7, 11) is 1.89. The summed E-state index contributed by atoms with van der Waals surface area (Å²) in [5.74, 6) is 2.27. The number of carbonyl (C=O) groups excluding carboxylic acids is 1. The molecule has 2 N–H and O–H groups in total. The quantitative estimate of drug-likeness (QED) is 0.924. The van der Waals surface area contributed by atoms with Crippen LogP contribution in [-0.2, 0) is 0 Å². The highest BCUT2D eigenvalue weighted by molar-refractivity contribution is 7.99. The monoisotopic (exact) mass is 293 g/mol. The lowest BCUT2D eigenvalue weighted by atomic mass is 10.1. The molecular weight excluding hydrogens is 278 g/mol. The number of thiazole rings is 1. The molecule has 19 heavy (non-hydrogen) atoms. The first-order valence-electron chi connectivity index (χ1n) is 6.16. The minimum Gasteiger partial charge on any atom is -0.375 e. The first-order chi connectivity index (χ1) is 9.15. The summed E-state index contributed by atoms with van der Waals surface area (Å²) >= 11 is 3.33. The SMILES string of the molecule is CN(C(=O)c1ccc2nc(N)sc2c1)C1CCSC1. The van der Waals surface area contributed by atoms with Crippen molar-refractivity contribution in [1.82, 2.24) is 9.88 Å². The summed E-state index contributed by atoms with van der Waals surface area (Å²) in [5.41, 5.74) is 7.26. The zero-order chi connectivity index (χ0) is 13.4. The van der Waals surface area contributed by atoms with Crippen molar-refractivity contribution in [2.75, 3.05) is 24.3 Å². The van der Waals surface area contributed by atoms with E-state index in [1.165, 1.54) is 11.3 Å². The highest BCUT2D eigenvalue weighted by Crippen LogP contribution is 2.26. The zero-order valence-electron chi connectivity index (χ0n) is 10.6. The lowest BCUT2D eigenvalue weighted by Crippen LogP contribution is -2.36. The normalized spacial score (nSPS) is 18.9. The first kappa shape index (κ1) is 12.7. The number of amides is 1. The number of fused-ring (bicyclic) bond motifs is 1. The molecule has 1 amide bonds. The highest BCUT2D eigenvalue weighted by atomic mass is 32.2. The Morgan fingerprint density at radius 1 is 1.53 bits per heavy atom. The molecule has 2 aromatic rings. The molecule has 1 aromatic carbocycles. The number of aromatic nitrogens is 1. The Bertz CT molecular complexity index is 619. The first-order valence-corrected chi connectivity index (χ1v) is 8.13. The molecule has 1 unspecified atom stereocenters. The van der Waals surface area contributed by atoms with Crippen LogP contribution in [-0.4, -0.2) is 40.4 Å². The molecule has 0 spiro atoms. The summed E-state index contributed by atoms with van der Waals surface area (Å²) in [6.07, 6.45) is 1.09. The van der Waals surface area contributed by atoms with Crippen LogP contribution in [0.25, 0.3) is 10.2 Å². The van der Waals surface area contributed by atoms with Gasteiger partial charge in [0.25, 0.3) is 5.91 Å². The molecule has 0 radical (unpaired) electrons. The van der Waals surface area contributed by atoms with Crippen molar-refractivity contribution in [2.24, 2.45) is 0 Å². The van der Waals surface area contributed by atoms with Crippen molar-refractivity contribution >= 4 is 44.4 Å². The van der Waals surface area contributed by atoms with Crippen molar-refractivity contribution in [2.45, 2.75) is 12.5 Å². The molecular formula is C13H15N3OS2. The van der Waals surface area contributed by atoms with Crippen LogP contribution < -0.4 is 5.73 Å². The van der Waals surface area contributed by atoms with Gasteiger partial charge in [0.2, 0.25) is 0 Å². The molecule has 1 aliphatic rings. The van der Waals surface area contributed by atoms with Gasteiger partial charge in [-0.2, -0.15) is 11.8 Å². The molecule has 1 aliphatic heterocycles. The fourth-order valence-corrected chi connectivity index (χ4v) is 4.31. The summed E-state index contributed by atoms with van der Waals surface area (Å²) in [5, 5.41) is 0.542. The van der Waals surface area contributed by atoms with Gasteiger partial charge in [-0.25, -0.2) is 4.98 Å². The summed E-state index contributed by atoms with van der Waals surface area (Å²) < 4.78 is 0.970. The zero-order valence-corrected chi connectivity index (χ0v) is 12.3. The third-order valence-electron chi connectivity index (χ3n) is 3.43. The van der Waals surface area contributed by atoms with Gasteiger partial charge in [0.15, 0.2) is 5.13 Å². The van der Waals surface area contributed by atoms with Gasteiger partial charge in [-0.05, 0) is 30.4 Å². The van der Waals surface area contributed by atoms with Gasteiger partial charge in [0.05, 0.1) is 10.2 Å². The molecule has 0 aliphatic carbocycles. The summed E-state index contributed by atoms with van der Waals surface area (Å²) in [6, 6.07) is 5.96. The van der Waals surface area contributed by atoms with Crippen LogP contribution in [0.3, 0.4) is 0 Å². The third kappa shape index (κ3) is 2.42. The average Bonchev–Trinajstić information content (AvgIpc) is 3.03. The van der Waals surface area contributed by atoms with Crippen LogP contribution in [0.2, 0.25) is 0 Å². The molecule has 100 valence electrons. The Hall–Kier alpha value is -1.27. The third-order valence-corrected chi connectivity index (χ3v) is 5.42. The van der Waals surface area contributed by atoms with Gasteiger partial charge in [-0.15, -0.1) is 0 Å². The molecule has 3 rings (SSSR count). The minimum atomic E-state index is 0.0846. The average molecular weight is 293 g/mol. The van der Waals surface area contributed by atoms with E-state index in [1.807, 2.05) is 41.9 Å². The maximum atomic E-state index is 12.5. The number of nitrogen functional groups attached to an aromatic ring is 1. The van der Waals surface area contributed by atoms with Gasteiger partial charge < -0.3 is 10.6 Å². The van der Waals surface area contributed by atoms with Crippen molar-refractivity contribution in [3.05, 3.63) is 23.8 Å². The van der Waals surface area contributed by atoms with Crippen LogP contribution in [0.4, 0.5) is 5.13 Å². The maximum Gasteiger partial charge on any atom is 0.253 e. The number of anilines is 1. The molecule has 1 saturated heterocycles. The van der Waals surface area contributed by atoms with E-state index in [9.17, 15) is 4.79 Å². The summed E-state index contributed by atoms with van der Waals surface area (Å²) in [4.78, 5) is 18.5. The molecule has 2 heterocycles. The number of hydrogen-bond donors (Lipinski definition) is 1. The number of carbonyl (C=O) groups is 1. The van der Waals surface area contributed by atoms with Crippen LogP contribution >= 0.6 is 23.1 Å². The second kappa shape index (κ2) is 5.02. The number of rotatable bonds is 2. The maximum absolute atomic E-state index is 12.5. The molecule has 1 fully saturated rings. The van der Waals surface area contributed by atoms with Gasteiger partial charge >= 0.3 is 0 Å². The largest absolute Gasteiger partial charge is 0.375 e. The Balaban J connectivity index is 1.87. The van der Waals surface area contributed by atoms with Gasteiger partial charge in [-0.3, -0.25) is 4.79 Å². The van der Waals surface area contributed by atoms with Gasteiger partial charge in [0.1, 0.15) is 0 Å². The fourth-order valence-electron chi connectivity index (χ4n) is 2.27. The molecule has 1 atom stereocenters. The minimum absolute atomic E-state index is 0.0846. The number of thioether (sulfide) groups is 1. The Labute approximate surface area is 120 Å².